The number of benzene rings is 3. The van der Waals surface area contributed by atoms with Gasteiger partial charge in [-0.2, -0.15) is 0 Å². The second-order valence-electron chi connectivity index (χ2n) is 5.85. The summed E-state index contributed by atoms with van der Waals surface area (Å²) in [4.78, 5) is 0. The molecule has 0 atom stereocenters. The quantitative estimate of drug-likeness (QED) is 0.457. The minimum atomic E-state index is 0.841. The normalized spacial score (nSPS) is 10.9. The predicted molar refractivity (Wildman–Crippen MR) is 98.4 cm³/mol. The highest BCUT2D eigenvalue weighted by Gasteiger charge is 2.18. The number of ether oxygens (including phenoxy) is 1. The molecule has 0 radical (unpaired) electrons. The van der Waals surface area contributed by atoms with Crippen molar-refractivity contribution >= 4 is 11.0 Å². The third-order valence-corrected chi connectivity index (χ3v) is 4.34. The fourth-order valence-corrected chi connectivity index (χ4v) is 3.13. The zero-order valence-corrected chi connectivity index (χ0v) is 13.7. The van der Waals surface area contributed by atoms with Gasteiger partial charge in [0, 0.05) is 16.5 Å². The largest absolute Gasteiger partial charge is 0.497 e. The molecule has 0 saturated carbocycles. The van der Waals surface area contributed by atoms with Gasteiger partial charge < -0.3 is 9.15 Å². The molecule has 0 N–H and O–H groups in total. The van der Waals surface area contributed by atoms with Crippen LogP contribution in [0.4, 0.5) is 0 Å². The van der Waals surface area contributed by atoms with E-state index in [1.54, 1.807) is 7.11 Å². The van der Waals surface area contributed by atoms with Crippen LogP contribution in [0.2, 0.25) is 0 Å². The Morgan fingerprint density at radius 3 is 2.46 bits per heavy atom. The molecule has 0 aliphatic rings. The lowest BCUT2D eigenvalue weighted by Gasteiger charge is -2.08. The number of fused-ring (bicyclic) bond motifs is 1. The predicted octanol–water partition coefficient (Wildman–Crippen LogP) is 6.08. The first-order valence-corrected chi connectivity index (χ1v) is 8.00. The minimum absolute atomic E-state index is 0.841. The first kappa shape index (κ1) is 14.6. The molecule has 0 bridgehead atoms. The van der Waals surface area contributed by atoms with Gasteiger partial charge in [-0.05, 0) is 36.2 Å². The van der Waals surface area contributed by atoms with Crippen LogP contribution in [0, 0.1) is 6.92 Å². The second kappa shape index (κ2) is 5.89. The molecule has 0 spiro atoms. The van der Waals surface area contributed by atoms with Gasteiger partial charge in [0.2, 0.25) is 0 Å². The lowest BCUT2D eigenvalue weighted by Crippen LogP contribution is -1.86. The summed E-state index contributed by atoms with van der Waals surface area (Å²) >= 11 is 0. The molecular formula is C22H18O2. The molecule has 24 heavy (non-hydrogen) atoms. The van der Waals surface area contributed by atoms with Crippen molar-refractivity contribution in [1.29, 1.82) is 0 Å². The highest BCUT2D eigenvalue weighted by atomic mass is 16.5. The van der Waals surface area contributed by atoms with Crippen molar-refractivity contribution in [3.8, 4) is 28.2 Å². The number of methoxy groups -OCH3 is 1. The molecule has 0 aliphatic carbocycles. The Morgan fingerprint density at radius 2 is 1.62 bits per heavy atom. The van der Waals surface area contributed by atoms with E-state index in [0.717, 1.165) is 39.2 Å². The molecule has 3 aromatic carbocycles. The van der Waals surface area contributed by atoms with Crippen LogP contribution in [0.1, 0.15) is 5.56 Å². The van der Waals surface area contributed by atoms with E-state index in [-0.39, 0.29) is 0 Å². The molecule has 0 saturated heterocycles. The van der Waals surface area contributed by atoms with E-state index < -0.39 is 0 Å². The van der Waals surface area contributed by atoms with E-state index in [1.165, 1.54) is 5.56 Å². The SMILES string of the molecule is COc1cccc(-c2c(-c3ccccc3C)oc3ccccc23)c1. The van der Waals surface area contributed by atoms with Crippen molar-refractivity contribution in [2.24, 2.45) is 0 Å². The molecule has 2 heteroatoms. The summed E-state index contributed by atoms with van der Waals surface area (Å²) in [5, 5.41) is 1.11. The Hall–Kier alpha value is -3.00. The molecule has 118 valence electrons. The van der Waals surface area contributed by atoms with Gasteiger partial charge >= 0.3 is 0 Å². The summed E-state index contributed by atoms with van der Waals surface area (Å²) in [6.45, 7) is 2.11. The fourth-order valence-electron chi connectivity index (χ4n) is 3.13. The van der Waals surface area contributed by atoms with Gasteiger partial charge in [-0.1, -0.05) is 54.6 Å². The van der Waals surface area contributed by atoms with Crippen LogP contribution in [0.15, 0.2) is 77.2 Å². The average Bonchev–Trinajstić information content (AvgIpc) is 3.01. The molecule has 1 aromatic heterocycles. The van der Waals surface area contributed by atoms with Crippen LogP contribution in [-0.2, 0) is 0 Å². The molecule has 2 nitrogen and oxygen atoms in total. The van der Waals surface area contributed by atoms with Crippen LogP contribution >= 0.6 is 0 Å². The standard InChI is InChI=1S/C22H18O2/c1-15-8-3-4-11-18(15)22-21(16-9-7-10-17(14-16)23-2)19-12-5-6-13-20(19)24-22/h3-14H,1-2H3. The molecule has 4 rings (SSSR count). The molecule has 1 heterocycles. The van der Waals surface area contributed by atoms with Gasteiger partial charge in [0.15, 0.2) is 0 Å². The summed E-state index contributed by atoms with van der Waals surface area (Å²) in [6, 6.07) is 24.6. The third kappa shape index (κ3) is 2.37. The number of hydrogen-bond donors (Lipinski definition) is 0. The minimum Gasteiger partial charge on any atom is -0.497 e. The first-order valence-electron chi connectivity index (χ1n) is 8.00. The summed E-state index contributed by atoms with van der Waals surface area (Å²) in [7, 11) is 1.69. The molecule has 4 aromatic rings. The molecule has 0 aliphatic heterocycles. The Kier molecular flexibility index (Phi) is 3.58. The van der Waals surface area contributed by atoms with Gasteiger partial charge in [0.1, 0.15) is 17.1 Å². The maximum Gasteiger partial charge on any atom is 0.143 e. The van der Waals surface area contributed by atoms with Crippen molar-refractivity contribution in [1.82, 2.24) is 0 Å². The molecule has 0 fully saturated rings. The highest BCUT2D eigenvalue weighted by Crippen LogP contribution is 2.42. The van der Waals surface area contributed by atoms with E-state index in [0.29, 0.717) is 0 Å². The fraction of sp³-hybridized carbons (Fsp3) is 0.0909. The van der Waals surface area contributed by atoms with Gasteiger partial charge in [-0.25, -0.2) is 0 Å². The summed E-state index contributed by atoms with van der Waals surface area (Å²) in [5.41, 5.74) is 5.41. The Labute approximate surface area is 141 Å². The Bertz CT molecular complexity index is 1010. The molecular weight excluding hydrogens is 296 g/mol. The third-order valence-electron chi connectivity index (χ3n) is 4.34. The lowest BCUT2D eigenvalue weighted by atomic mass is 9.96. The van der Waals surface area contributed by atoms with Crippen molar-refractivity contribution in [3.05, 3.63) is 78.4 Å². The topological polar surface area (TPSA) is 22.4 Å². The van der Waals surface area contributed by atoms with E-state index in [1.807, 2.05) is 42.5 Å². The zero-order chi connectivity index (χ0) is 16.5. The average molecular weight is 314 g/mol. The van der Waals surface area contributed by atoms with Crippen LogP contribution in [0.3, 0.4) is 0 Å². The maximum atomic E-state index is 6.25. The molecule has 0 amide bonds. The van der Waals surface area contributed by atoms with E-state index in [2.05, 4.69) is 37.3 Å². The zero-order valence-electron chi connectivity index (χ0n) is 13.7. The number of furan rings is 1. The van der Waals surface area contributed by atoms with Gasteiger partial charge in [0.25, 0.3) is 0 Å². The van der Waals surface area contributed by atoms with Gasteiger partial charge in [0.05, 0.1) is 7.11 Å². The first-order chi connectivity index (χ1) is 11.8. The summed E-state index contributed by atoms with van der Waals surface area (Å²) in [6.07, 6.45) is 0. The summed E-state index contributed by atoms with van der Waals surface area (Å²) < 4.78 is 11.7. The van der Waals surface area contributed by atoms with Crippen molar-refractivity contribution in [2.75, 3.05) is 7.11 Å². The van der Waals surface area contributed by atoms with Gasteiger partial charge in [-0.3, -0.25) is 0 Å². The van der Waals surface area contributed by atoms with E-state index in [4.69, 9.17) is 9.15 Å². The smallest absolute Gasteiger partial charge is 0.143 e. The van der Waals surface area contributed by atoms with E-state index >= 15 is 0 Å². The summed E-state index contributed by atoms with van der Waals surface area (Å²) in [5.74, 6) is 1.75. The number of rotatable bonds is 3. The monoisotopic (exact) mass is 314 g/mol. The van der Waals surface area contributed by atoms with Crippen LogP contribution < -0.4 is 4.74 Å². The van der Waals surface area contributed by atoms with Crippen molar-refractivity contribution < 1.29 is 9.15 Å². The lowest BCUT2D eigenvalue weighted by molar-refractivity contribution is 0.415. The number of hydrogen-bond acceptors (Lipinski definition) is 2. The van der Waals surface area contributed by atoms with Crippen molar-refractivity contribution in [2.45, 2.75) is 6.92 Å². The van der Waals surface area contributed by atoms with Crippen LogP contribution in [0.5, 0.6) is 5.75 Å². The second-order valence-corrected chi connectivity index (χ2v) is 5.85. The maximum absolute atomic E-state index is 6.25. The Morgan fingerprint density at radius 1 is 0.833 bits per heavy atom. The Balaban J connectivity index is 2.06. The van der Waals surface area contributed by atoms with Crippen LogP contribution in [-0.4, -0.2) is 7.11 Å². The molecule has 0 unspecified atom stereocenters. The number of para-hydroxylation sites is 1. The highest BCUT2D eigenvalue weighted by molar-refractivity contribution is 6.02. The van der Waals surface area contributed by atoms with Gasteiger partial charge in [-0.15, -0.1) is 0 Å². The van der Waals surface area contributed by atoms with Crippen molar-refractivity contribution in [3.63, 3.8) is 0 Å². The van der Waals surface area contributed by atoms with Crippen LogP contribution in [0.25, 0.3) is 33.4 Å². The van der Waals surface area contributed by atoms with E-state index in [9.17, 15) is 0 Å². The number of aryl methyl sites for hydroxylation is 1.